The van der Waals surface area contributed by atoms with Gasteiger partial charge in [-0.3, -0.25) is 4.79 Å². The van der Waals surface area contributed by atoms with Crippen LogP contribution in [0, 0.1) is 0 Å². The van der Waals surface area contributed by atoms with E-state index in [0.717, 1.165) is 16.9 Å². The number of carbonyl (C=O) groups is 1. The van der Waals surface area contributed by atoms with Crippen LogP contribution in [0.3, 0.4) is 0 Å². The Morgan fingerprint density at radius 1 is 1.05 bits per heavy atom. The van der Waals surface area contributed by atoms with E-state index in [4.69, 9.17) is 4.74 Å². The molecule has 0 saturated heterocycles. The highest BCUT2D eigenvalue weighted by Crippen LogP contribution is 2.15. The first-order chi connectivity index (χ1) is 10.7. The van der Waals surface area contributed by atoms with Crippen molar-refractivity contribution in [2.45, 2.75) is 32.4 Å². The molecule has 1 atom stereocenters. The highest BCUT2D eigenvalue weighted by molar-refractivity contribution is 5.84. The van der Waals surface area contributed by atoms with E-state index in [1.807, 2.05) is 68.6 Å². The highest BCUT2D eigenvalue weighted by atomic mass is 16.5. The minimum absolute atomic E-state index is 0.110. The first-order valence-electron chi connectivity index (χ1n) is 7.68. The number of hydrogen-bond acceptors (Lipinski definition) is 3. The number of nitrogens with one attached hydrogen (secondary N) is 1. The molecule has 0 saturated carbocycles. The SMILES string of the molecule is CCC(=O)C(Cc1ccc(OCc2ccccc2)cc1)NC. The summed E-state index contributed by atoms with van der Waals surface area (Å²) < 4.78 is 5.76. The Morgan fingerprint density at radius 2 is 1.73 bits per heavy atom. The van der Waals surface area contributed by atoms with E-state index >= 15 is 0 Å². The molecule has 0 bridgehead atoms. The van der Waals surface area contributed by atoms with Gasteiger partial charge in [-0.05, 0) is 36.7 Å². The average Bonchev–Trinajstić information content (AvgIpc) is 2.59. The van der Waals surface area contributed by atoms with Gasteiger partial charge in [0.15, 0.2) is 0 Å². The predicted molar refractivity (Wildman–Crippen MR) is 89.1 cm³/mol. The predicted octanol–water partition coefficient (Wildman–Crippen LogP) is 3.38. The summed E-state index contributed by atoms with van der Waals surface area (Å²) >= 11 is 0. The number of likely N-dealkylation sites (N-methyl/N-ethyl adjacent to an activating group) is 1. The molecule has 0 aromatic heterocycles. The third-order valence-corrected chi connectivity index (χ3v) is 3.70. The van der Waals surface area contributed by atoms with E-state index in [-0.39, 0.29) is 11.8 Å². The Hall–Kier alpha value is -2.13. The smallest absolute Gasteiger partial charge is 0.149 e. The minimum atomic E-state index is -0.110. The summed E-state index contributed by atoms with van der Waals surface area (Å²) in [4.78, 5) is 11.8. The molecule has 0 heterocycles. The molecule has 1 unspecified atom stereocenters. The lowest BCUT2D eigenvalue weighted by Gasteiger charge is -2.14. The molecule has 2 aromatic carbocycles. The largest absolute Gasteiger partial charge is 0.489 e. The minimum Gasteiger partial charge on any atom is -0.489 e. The van der Waals surface area contributed by atoms with E-state index in [2.05, 4.69) is 5.32 Å². The van der Waals surface area contributed by atoms with Gasteiger partial charge in [-0.25, -0.2) is 0 Å². The zero-order chi connectivity index (χ0) is 15.8. The Bertz CT molecular complexity index is 578. The van der Waals surface area contributed by atoms with Crippen LogP contribution in [-0.4, -0.2) is 18.9 Å². The van der Waals surface area contributed by atoms with E-state index in [0.29, 0.717) is 19.4 Å². The van der Waals surface area contributed by atoms with Gasteiger partial charge < -0.3 is 10.1 Å². The summed E-state index contributed by atoms with van der Waals surface area (Å²) in [5.74, 6) is 1.09. The standard InChI is InChI=1S/C19H23NO2/c1-3-19(21)18(20-2)13-15-9-11-17(12-10-15)22-14-16-7-5-4-6-8-16/h4-12,18,20H,3,13-14H2,1-2H3. The van der Waals surface area contributed by atoms with Crippen molar-refractivity contribution < 1.29 is 9.53 Å². The van der Waals surface area contributed by atoms with Crippen molar-refractivity contribution in [3.05, 3.63) is 65.7 Å². The van der Waals surface area contributed by atoms with Crippen molar-refractivity contribution in [3.8, 4) is 5.75 Å². The van der Waals surface area contributed by atoms with Gasteiger partial charge in [0.2, 0.25) is 0 Å². The molecule has 3 nitrogen and oxygen atoms in total. The second-order valence-corrected chi connectivity index (χ2v) is 5.28. The van der Waals surface area contributed by atoms with Crippen molar-refractivity contribution in [2.24, 2.45) is 0 Å². The first-order valence-corrected chi connectivity index (χ1v) is 7.68. The molecule has 2 rings (SSSR count). The Morgan fingerprint density at radius 3 is 2.32 bits per heavy atom. The molecular weight excluding hydrogens is 274 g/mol. The molecule has 0 aliphatic rings. The van der Waals surface area contributed by atoms with Gasteiger partial charge in [0.1, 0.15) is 18.1 Å². The van der Waals surface area contributed by atoms with Crippen LogP contribution in [0.2, 0.25) is 0 Å². The normalized spacial score (nSPS) is 11.9. The molecule has 0 spiro atoms. The van der Waals surface area contributed by atoms with Crippen molar-refractivity contribution in [3.63, 3.8) is 0 Å². The summed E-state index contributed by atoms with van der Waals surface area (Å²) in [5.41, 5.74) is 2.28. The van der Waals surface area contributed by atoms with Crippen LogP contribution in [-0.2, 0) is 17.8 Å². The fourth-order valence-corrected chi connectivity index (χ4v) is 2.32. The molecule has 1 N–H and O–H groups in total. The van der Waals surface area contributed by atoms with E-state index in [1.165, 1.54) is 0 Å². The van der Waals surface area contributed by atoms with Crippen LogP contribution in [0.5, 0.6) is 5.75 Å². The van der Waals surface area contributed by atoms with Crippen LogP contribution < -0.4 is 10.1 Å². The molecule has 0 aliphatic heterocycles. The number of rotatable bonds is 8. The lowest BCUT2D eigenvalue weighted by Crippen LogP contribution is -2.35. The summed E-state index contributed by atoms with van der Waals surface area (Å²) in [6, 6.07) is 17.9. The second-order valence-electron chi connectivity index (χ2n) is 5.28. The van der Waals surface area contributed by atoms with Gasteiger partial charge in [0.25, 0.3) is 0 Å². The lowest BCUT2D eigenvalue weighted by molar-refractivity contribution is -0.120. The van der Waals surface area contributed by atoms with E-state index in [9.17, 15) is 4.79 Å². The van der Waals surface area contributed by atoms with Crippen LogP contribution in [0.25, 0.3) is 0 Å². The van der Waals surface area contributed by atoms with Gasteiger partial charge in [-0.2, -0.15) is 0 Å². The van der Waals surface area contributed by atoms with Gasteiger partial charge >= 0.3 is 0 Å². The molecule has 0 aliphatic carbocycles. The lowest BCUT2D eigenvalue weighted by atomic mass is 10.0. The average molecular weight is 297 g/mol. The topological polar surface area (TPSA) is 38.3 Å². The molecule has 0 radical (unpaired) electrons. The summed E-state index contributed by atoms with van der Waals surface area (Å²) in [7, 11) is 1.83. The van der Waals surface area contributed by atoms with Crippen molar-refractivity contribution >= 4 is 5.78 Å². The first kappa shape index (κ1) is 16.2. The third-order valence-electron chi connectivity index (χ3n) is 3.70. The number of carbonyl (C=O) groups excluding carboxylic acids is 1. The molecule has 2 aromatic rings. The van der Waals surface area contributed by atoms with Gasteiger partial charge in [0.05, 0.1) is 6.04 Å². The van der Waals surface area contributed by atoms with Crippen LogP contribution >= 0.6 is 0 Å². The second kappa shape index (κ2) is 8.35. The number of ether oxygens (including phenoxy) is 1. The molecule has 22 heavy (non-hydrogen) atoms. The molecule has 0 fully saturated rings. The summed E-state index contributed by atoms with van der Waals surface area (Å²) in [6.45, 7) is 2.46. The number of hydrogen-bond donors (Lipinski definition) is 1. The molecular formula is C19H23NO2. The third kappa shape index (κ3) is 4.71. The van der Waals surface area contributed by atoms with E-state index in [1.54, 1.807) is 0 Å². The Balaban J connectivity index is 1.91. The quantitative estimate of drug-likeness (QED) is 0.812. The molecule has 3 heteroatoms. The zero-order valence-electron chi connectivity index (χ0n) is 13.2. The Labute approximate surface area is 132 Å². The van der Waals surface area contributed by atoms with Crippen LogP contribution in [0.4, 0.5) is 0 Å². The zero-order valence-corrected chi connectivity index (χ0v) is 13.2. The van der Waals surface area contributed by atoms with Crippen LogP contribution in [0.1, 0.15) is 24.5 Å². The Kier molecular flexibility index (Phi) is 6.16. The highest BCUT2D eigenvalue weighted by Gasteiger charge is 2.14. The van der Waals surface area contributed by atoms with Gasteiger partial charge in [0, 0.05) is 6.42 Å². The van der Waals surface area contributed by atoms with Gasteiger partial charge in [-0.15, -0.1) is 0 Å². The summed E-state index contributed by atoms with van der Waals surface area (Å²) in [5, 5.41) is 3.08. The number of ketones is 1. The monoisotopic (exact) mass is 297 g/mol. The molecule has 0 amide bonds. The van der Waals surface area contributed by atoms with E-state index < -0.39 is 0 Å². The maximum absolute atomic E-state index is 11.8. The maximum Gasteiger partial charge on any atom is 0.149 e. The van der Waals surface area contributed by atoms with Crippen molar-refractivity contribution in [1.82, 2.24) is 5.32 Å². The summed E-state index contributed by atoms with van der Waals surface area (Å²) in [6.07, 6.45) is 1.27. The number of benzene rings is 2. The van der Waals surface area contributed by atoms with Crippen molar-refractivity contribution in [2.75, 3.05) is 7.05 Å². The maximum atomic E-state index is 11.8. The van der Waals surface area contributed by atoms with Crippen LogP contribution in [0.15, 0.2) is 54.6 Å². The fraction of sp³-hybridized carbons (Fsp3) is 0.316. The number of Topliss-reactive ketones (excluding diaryl/α,β-unsaturated/α-hetero) is 1. The molecule has 116 valence electrons. The fourth-order valence-electron chi connectivity index (χ4n) is 2.32. The van der Waals surface area contributed by atoms with Gasteiger partial charge in [-0.1, -0.05) is 49.4 Å². The van der Waals surface area contributed by atoms with Crippen molar-refractivity contribution in [1.29, 1.82) is 0 Å².